The Labute approximate surface area is 230 Å². The van der Waals surface area contributed by atoms with Crippen molar-refractivity contribution in [2.24, 2.45) is 0 Å². The molecule has 0 saturated carbocycles. The summed E-state index contributed by atoms with van der Waals surface area (Å²) in [6.07, 6.45) is -0.809. The van der Waals surface area contributed by atoms with Crippen LogP contribution in [0.4, 0.5) is 11.9 Å². The quantitative estimate of drug-likeness (QED) is 0.199. The molecule has 3 aromatic heterocycles. The molecule has 18 nitrogen and oxygen atoms in total. The summed E-state index contributed by atoms with van der Waals surface area (Å²) in [5.74, 6) is -0.224. The molecule has 5 heterocycles. The Balaban J connectivity index is 1.25. The fourth-order valence-electron chi connectivity index (χ4n) is 4.64. The summed E-state index contributed by atoms with van der Waals surface area (Å²) >= 11 is 5.27. The van der Waals surface area contributed by atoms with Gasteiger partial charge in [0, 0.05) is 27.1 Å². The van der Waals surface area contributed by atoms with E-state index in [1.807, 2.05) is 0 Å². The number of anilines is 2. The molecule has 5 rings (SSSR count). The van der Waals surface area contributed by atoms with Gasteiger partial charge in [-0.25, -0.2) is 14.8 Å². The predicted octanol–water partition coefficient (Wildman–Crippen LogP) is -1.21. The van der Waals surface area contributed by atoms with Gasteiger partial charge in [0.15, 0.2) is 11.2 Å². The van der Waals surface area contributed by atoms with Gasteiger partial charge in [0.2, 0.25) is 11.9 Å². The van der Waals surface area contributed by atoms with Crippen molar-refractivity contribution in [2.45, 2.75) is 49.7 Å². The van der Waals surface area contributed by atoms with Crippen LogP contribution in [-0.4, -0.2) is 90.8 Å². The fourth-order valence-corrected chi connectivity index (χ4v) is 6.12. The molecule has 2 aliphatic rings. The van der Waals surface area contributed by atoms with Crippen LogP contribution in [0.2, 0.25) is 0 Å². The lowest BCUT2D eigenvalue weighted by Crippen LogP contribution is -2.30. The highest BCUT2D eigenvalue weighted by molar-refractivity contribution is 8.07. The van der Waals surface area contributed by atoms with E-state index in [9.17, 15) is 14.5 Å². The Morgan fingerprint density at radius 1 is 1.07 bits per heavy atom. The van der Waals surface area contributed by atoms with Gasteiger partial charge in [0.1, 0.15) is 31.0 Å². The number of methoxy groups -OCH3 is 2. The Morgan fingerprint density at radius 3 is 2.45 bits per heavy atom. The third kappa shape index (κ3) is 5.92. The number of hydrogen-bond donors (Lipinski definition) is 4. The number of nitrogens with one attached hydrogen (secondary N) is 1. The summed E-state index contributed by atoms with van der Waals surface area (Å²) in [6, 6.07) is 0. The summed E-state index contributed by atoms with van der Waals surface area (Å²) in [5.41, 5.74) is 10.4. The lowest BCUT2D eigenvalue weighted by Gasteiger charge is -2.25. The van der Waals surface area contributed by atoms with E-state index >= 15 is 0 Å². The average Bonchev–Trinajstić information content (AvgIpc) is 3.60. The Kier molecular flexibility index (Phi) is 8.27. The first-order valence-electron chi connectivity index (χ1n) is 12.0. The van der Waals surface area contributed by atoms with Gasteiger partial charge in [0.05, 0.1) is 31.7 Å². The molecule has 218 valence electrons. The number of nitrogens with two attached hydrogens (primary N) is 2. The molecular formula is C20H28N9O9PS. The molecule has 6 N–H and O–H groups in total. The zero-order valence-corrected chi connectivity index (χ0v) is 23.1. The van der Waals surface area contributed by atoms with Crippen molar-refractivity contribution in [3.8, 4) is 0 Å². The molecule has 7 atom stereocenters. The molecule has 1 unspecified atom stereocenters. The molecule has 2 saturated heterocycles. The summed E-state index contributed by atoms with van der Waals surface area (Å²) in [5, 5.41) is 0. The molecule has 20 heteroatoms. The SMILES string of the molecule is COC[C@H]1O[C@@H](n2cnc(N)nc2=O)C[C@H]1OP(O)(=S)OC[C@H]1O[C@@H](n2cnc3c(=O)[nH]c(N)nc32)C[C@H]1OC. The minimum atomic E-state index is -3.83. The third-order valence-electron chi connectivity index (χ3n) is 6.48. The van der Waals surface area contributed by atoms with E-state index in [0.29, 0.717) is 6.42 Å². The van der Waals surface area contributed by atoms with Crippen LogP contribution in [0.15, 0.2) is 22.2 Å². The van der Waals surface area contributed by atoms with Crippen molar-refractivity contribution < 1.29 is 32.9 Å². The lowest BCUT2D eigenvalue weighted by molar-refractivity contribution is -0.0601. The number of nitrogens with zero attached hydrogens (tertiary/aromatic N) is 6. The predicted molar refractivity (Wildman–Crippen MR) is 140 cm³/mol. The molecule has 3 aromatic rings. The second-order valence-electron chi connectivity index (χ2n) is 9.05. The summed E-state index contributed by atoms with van der Waals surface area (Å²) in [7, 11) is 2.98. The van der Waals surface area contributed by atoms with E-state index in [4.69, 9.17) is 51.3 Å². The molecule has 0 aromatic carbocycles. The Bertz CT molecular complexity index is 1530. The number of ether oxygens (including phenoxy) is 4. The topological polar surface area (TPSA) is 239 Å². The van der Waals surface area contributed by atoms with E-state index in [-0.39, 0.29) is 42.7 Å². The maximum absolute atomic E-state index is 12.2. The molecule has 0 bridgehead atoms. The van der Waals surface area contributed by atoms with Crippen molar-refractivity contribution in [3.63, 3.8) is 0 Å². The van der Waals surface area contributed by atoms with Crippen LogP contribution in [0.1, 0.15) is 25.3 Å². The van der Waals surface area contributed by atoms with Crippen LogP contribution in [0.25, 0.3) is 11.2 Å². The van der Waals surface area contributed by atoms with Gasteiger partial charge < -0.3 is 44.4 Å². The first kappa shape index (κ1) is 28.7. The molecule has 2 aliphatic heterocycles. The number of rotatable bonds is 10. The number of fused-ring (bicyclic) bond motifs is 1. The lowest BCUT2D eigenvalue weighted by atomic mass is 10.2. The van der Waals surface area contributed by atoms with Gasteiger partial charge in [-0.15, -0.1) is 0 Å². The van der Waals surface area contributed by atoms with E-state index in [0.717, 1.165) is 4.57 Å². The fraction of sp³-hybridized carbons (Fsp3) is 0.600. The molecule has 40 heavy (non-hydrogen) atoms. The van der Waals surface area contributed by atoms with E-state index in [1.54, 1.807) is 4.57 Å². The first-order valence-corrected chi connectivity index (χ1v) is 14.6. The largest absolute Gasteiger partial charge is 0.382 e. The van der Waals surface area contributed by atoms with Gasteiger partial charge in [0.25, 0.3) is 5.56 Å². The van der Waals surface area contributed by atoms with Crippen LogP contribution in [0.3, 0.4) is 0 Å². The normalized spacial score (nSPS) is 28.3. The Morgan fingerprint density at radius 2 is 1.75 bits per heavy atom. The van der Waals surface area contributed by atoms with Gasteiger partial charge in [-0.05, 0) is 11.8 Å². The van der Waals surface area contributed by atoms with Crippen molar-refractivity contribution in [1.82, 2.24) is 34.1 Å². The van der Waals surface area contributed by atoms with Crippen molar-refractivity contribution in [1.29, 1.82) is 0 Å². The maximum atomic E-state index is 12.2. The van der Waals surface area contributed by atoms with E-state index in [2.05, 4.69) is 24.9 Å². The molecule has 0 amide bonds. The second kappa shape index (κ2) is 11.6. The monoisotopic (exact) mass is 601 g/mol. The number of hydrogen-bond acceptors (Lipinski definition) is 15. The van der Waals surface area contributed by atoms with Gasteiger partial charge in [-0.2, -0.15) is 9.97 Å². The van der Waals surface area contributed by atoms with Crippen molar-refractivity contribution in [2.75, 3.05) is 38.9 Å². The molecule has 0 radical (unpaired) electrons. The highest BCUT2D eigenvalue weighted by Gasteiger charge is 2.42. The summed E-state index contributed by atoms with van der Waals surface area (Å²) in [6.45, 7) is -3.90. The second-order valence-corrected chi connectivity index (χ2v) is 11.8. The van der Waals surface area contributed by atoms with Crippen LogP contribution < -0.4 is 22.7 Å². The molecule has 0 spiro atoms. The highest BCUT2D eigenvalue weighted by atomic mass is 32.5. The van der Waals surface area contributed by atoms with Crippen LogP contribution >= 0.6 is 6.72 Å². The zero-order valence-electron chi connectivity index (χ0n) is 21.4. The number of imidazole rings is 1. The standard InChI is InChI=1S/C20H28N9O9PS/c1-33-5-11-10(4-14(36-11)29-8-24-18(21)27-20(29)31)38-39(32,40)35-6-12-9(34-2)3-13(37-12)28-7-23-15-16(28)25-19(22)26-17(15)30/h7-14H,3-6H2,1-2H3,(H,32,40)(H2,21,27,31)(H3,22,25,26,30)/t9-,10-,11-,12-,13-,14-,39?/m1/s1. The number of nitrogen functional groups attached to an aromatic ring is 2. The summed E-state index contributed by atoms with van der Waals surface area (Å²) < 4.78 is 36.9. The number of aromatic nitrogens is 7. The Hall–Kier alpha value is -2.87. The smallest absolute Gasteiger partial charge is 0.354 e. The average molecular weight is 602 g/mol. The van der Waals surface area contributed by atoms with Gasteiger partial charge >= 0.3 is 12.4 Å². The van der Waals surface area contributed by atoms with Gasteiger partial charge in [-0.3, -0.25) is 18.9 Å². The molecular weight excluding hydrogens is 573 g/mol. The maximum Gasteiger partial charge on any atom is 0.354 e. The molecule has 2 fully saturated rings. The highest BCUT2D eigenvalue weighted by Crippen LogP contribution is 2.49. The summed E-state index contributed by atoms with van der Waals surface area (Å²) in [4.78, 5) is 53.3. The minimum Gasteiger partial charge on any atom is -0.382 e. The van der Waals surface area contributed by atoms with E-state index < -0.39 is 54.8 Å². The van der Waals surface area contributed by atoms with Crippen molar-refractivity contribution >= 4 is 41.6 Å². The van der Waals surface area contributed by atoms with Crippen LogP contribution in [0, 0.1) is 0 Å². The minimum absolute atomic E-state index is 0.0581. The van der Waals surface area contributed by atoms with Gasteiger partial charge in [-0.1, -0.05) is 0 Å². The van der Waals surface area contributed by atoms with Crippen LogP contribution in [-0.2, 0) is 39.8 Å². The third-order valence-corrected chi connectivity index (χ3v) is 8.07. The van der Waals surface area contributed by atoms with Crippen molar-refractivity contribution in [3.05, 3.63) is 33.5 Å². The molecule has 0 aliphatic carbocycles. The van der Waals surface area contributed by atoms with E-state index in [1.165, 1.54) is 26.9 Å². The number of H-pyrrole nitrogens is 1. The first-order chi connectivity index (χ1) is 19.1. The zero-order chi connectivity index (χ0) is 28.6. The number of aromatic amines is 1. The van der Waals surface area contributed by atoms with Crippen LogP contribution in [0.5, 0.6) is 0 Å².